The monoisotopic (exact) mass is 407 g/mol. The molecule has 1 fully saturated rings. The number of hydrogen-bond acceptors (Lipinski definition) is 6. The summed E-state index contributed by atoms with van der Waals surface area (Å²) in [5.41, 5.74) is 2.20. The van der Waals surface area contributed by atoms with Gasteiger partial charge in [-0.05, 0) is 17.7 Å². The van der Waals surface area contributed by atoms with Crippen LogP contribution in [0.4, 0.5) is 9.93 Å². The first-order valence-electron chi connectivity index (χ1n) is 8.93. The minimum atomic E-state index is -0.888. The number of imide groups is 1. The van der Waals surface area contributed by atoms with Gasteiger partial charge in [0, 0.05) is 11.6 Å². The Bertz CT molecular complexity index is 1040. The van der Waals surface area contributed by atoms with Gasteiger partial charge in [-0.1, -0.05) is 36.4 Å². The van der Waals surface area contributed by atoms with Gasteiger partial charge in [0.25, 0.3) is 5.91 Å². The Morgan fingerprint density at radius 1 is 1.10 bits per heavy atom. The Kier molecular flexibility index (Phi) is 5.30. The SMILES string of the molecule is O=C(C[C@@H]1NC(=O)N(Cc2ccccc2)C1=O)Nc1nc(-c2ccccn2)cs1. The highest BCUT2D eigenvalue weighted by Gasteiger charge is 2.39. The molecule has 1 aliphatic rings. The van der Waals surface area contributed by atoms with Gasteiger partial charge in [0.05, 0.1) is 18.7 Å². The second-order valence-electron chi connectivity index (χ2n) is 6.42. The number of anilines is 1. The number of benzene rings is 1. The molecule has 3 aromatic rings. The largest absolute Gasteiger partial charge is 0.325 e. The maximum atomic E-state index is 12.5. The van der Waals surface area contributed by atoms with E-state index in [2.05, 4.69) is 20.6 Å². The molecular formula is C20H17N5O3S. The van der Waals surface area contributed by atoms with E-state index >= 15 is 0 Å². The van der Waals surface area contributed by atoms with Crippen molar-refractivity contribution in [3.63, 3.8) is 0 Å². The summed E-state index contributed by atoms with van der Waals surface area (Å²) in [7, 11) is 0. The van der Waals surface area contributed by atoms with Crippen LogP contribution in [0.3, 0.4) is 0 Å². The van der Waals surface area contributed by atoms with Crippen LogP contribution in [0.1, 0.15) is 12.0 Å². The van der Waals surface area contributed by atoms with E-state index in [0.717, 1.165) is 10.5 Å². The van der Waals surface area contributed by atoms with Gasteiger partial charge in [0.2, 0.25) is 5.91 Å². The maximum Gasteiger partial charge on any atom is 0.325 e. The van der Waals surface area contributed by atoms with Crippen molar-refractivity contribution < 1.29 is 14.4 Å². The van der Waals surface area contributed by atoms with Crippen LogP contribution in [-0.2, 0) is 16.1 Å². The molecule has 29 heavy (non-hydrogen) atoms. The van der Waals surface area contributed by atoms with Gasteiger partial charge in [-0.15, -0.1) is 11.3 Å². The summed E-state index contributed by atoms with van der Waals surface area (Å²) in [6, 6.07) is 13.3. The van der Waals surface area contributed by atoms with Crippen molar-refractivity contribution in [1.82, 2.24) is 20.2 Å². The van der Waals surface area contributed by atoms with Crippen LogP contribution < -0.4 is 10.6 Å². The van der Waals surface area contributed by atoms with Gasteiger partial charge in [0.15, 0.2) is 5.13 Å². The zero-order valence-corrected chi connectivity index (χ0v) is 16.1. The standard InChI is InChI=1S/C20H17N5O3S/c26-17(24-19-22-16(12-29-19)14-8-4-5-9-21-14)10-15-18(27)25(20(28)23-15)11-13-6-2-1-3-7-13/h1-9,12,15H,10-11H2,(H,23,28)(H,22,24,26)/t15-/m0/s1. The number of rotatable bonds is 6. The molecule has 0 aliphatic carbocycles. The molecule has 4 amide bonds. The van der Waals surface area contributed by atoms with Crippen molar-refractivity contribution in [1.29, 1.82) is 0 Å². The van der Waals surface area contributed by atoms with Crippen molar-refractivity contribution >= 4 is 34.3 Å². The van der Waals surface area contributed by atoms with E-state index in [1.807, 2.05) is 48.5 Å². The molecule has 4 rings (SSSR count). The number of aromatic nitrogens is 2. The summed E-state index contributed by atoms with van der Waals surface area (Å²) in [4.78, 5) is 46.7. The molecule has 0 spiro atoms. The van der Waals surface area contributed by atoms with Gasteiger partial charge in [-0.2, -0.15) is 0 Å². The summed E-state index contributed by atoms with van der Waals surface area (Å²) in [6.07, 6.45) is 1.51. The Balaban J connectivity index is 1.36. The highest BCUT2D eigenvalue weighted by molar-refractivity contribution is 7.14. The lowest BCUT2D eigenvalue weighted by Gasteiger charge is -2.12. The minimum Gasteiger partial charge on any atom is -0.325 e. The summed E-state index contributed by atoms with van der Waals surface area (Å²) >= 11 is 1.27. The molecule has 2 N–H and O–H groups in total. The number of nitrogens with one attached hydrogen (secondary N) is 2. The van der Waals surface area contributed by atoms with Gasteiger partial charge in [-0.25, -0.2) is 9.78 Å². The number of hydrogen-bond donors (Lipinski definition) is 2. The van der Waals surface area contributed by atoms with Gasteiger partial charge >= 0.3 is 6.03 Å². The van der Waals surface area contributed by atoms with E-state index in [0.29, 0.717) is 16.5 Å². The minimum absolute atomic E-state index is 0.158. The summed E-state index contributed by atoms with van der Waals surface area (Å²) < 4.78 is 0. The van der Waals surface area contributed by atoms with Gasteiger partial charge in [0.1, 0.15) is 11.7 Å². The highest BCUT2D eigenvalue weighted by Crippen LogP contribution is 2.23. The summed E-state index contributed by atoms with van der Waals surface area (Å²) in [6.45, 7) is 0.170. The number of amides is 4. The van der Waals surface area contributed by atoms with E-state index in [-0.39, 0.29) is 13.0 Å². The van der Waals surface area contributed by atoms with Crippen LogP contribution in [0.5, 0.6) is 0 Å². The molecule has 1 saturated heterocycles. The fourth-order valence-electron chi connectivity index (χ4n) is 2.95. The first-order chi connectivity index (χ1) is 14.1. The van der Waals surface area contributed by atoms with Crippen molar-refractivity contribution in [3.8, 4) is 11.4 Å². The molecule has 0 radical (unpaired) electrons. The number of pyridine rings is 1. The van der Waals surface area contributed by atoms with Gasteiger partial charge < -0.3 is 10.6 Å². The second-order valence-corrected chi connectivity index (χ2v) is 7.28. The number of thiazole rings is 1. The van der Waals surface area contributed by atoms with Crippen LogP contribution in [0.2, 0.25) is 0 Å². The topological polar surface area (TPSA) is 104 Å². The molecule has 1 aliphatic heterocycles. The van der Waals surface area contributed by atoms with Crippen molar-refractivity contribution in [3.05, 3.63) is 65.7 Å². The first kappa shape index (κ1) is 18.8. The normalized spacial score (nSPS) is 16.0. The van der Waals surface area contributed by atoms with Crippen LogP contribution >= 0.6 is 11.3 Å². The predicted molar refractivity (Wildman–Crippen MR) is 108 cm³/mol. The Morgan fingerprint density at radius 3 is 2.66 bits per heavy atom. The molecule has 8 nitrogen and oxygen atoms in total. The van der Waals surface area contributed by atoms with Crippen LogP contribution in [0, 0.1) is 0 Å². The first-order valence-corrected chi connectivity index (χ1v) is 9.81. The number of nitrogens with zero attached hydrogens (tertiary/aromatic N) is 3. The molecule has 146 valence electrons. The van der Waals surface area contributed by atoms with E-state index in [4.69, 9.17) is 0 Å². The van der Waals surface area contributed by atoms with Crippen molar-refractivity contribution in [2.24, 2.45) is 0 Å². The smallest absolute Gasteiger partial charge is 0.325 e. The number of carbonyl (C=O) groups excluding carboxylic acids is 3. The molecule has 0 bridgehead atoms. The average molecular weight is 407 g/mol. The lowest BCUT2D eigenvalue weighted by Crippen LogP contribution is -2.34. The molecular weight excluding hydrogens is 390 g/mol. The molecule has 3 heterocycles. The second kappa shape index (κ2) is 8.19. The van der Waals surface area contributed by atoms with E-state index in [1.54, 1.807) is 11.6 Å². The molecule has 1 aromatic carbocycles. The molecule has 0 unspecified atom stereocenters. The van der Waals surface area contributed by atoms with E-state index < -0.39 is 23.9 Å². The number of carbonyl (C=O) groups is 3. The quantitative estimate of drug-likeness (QED) is 0.612. The third kappa shape index (κ3) is 4.30. The highest BCUT2D eigenvalue weighted by atomic mass is 32.1. The number of urea groups is 1. The summed E-state index contributed by atoms with van der Waals surface area (Å²) in [5, 5.41) is 7.45. The molecule has 0 saturated carbocycles. The summed E-state index contributed by atoms with van der Waals surface area (Å²) in [5.74, 6) is -0.811. The fourth-order valence-corrected chi connectivity index (χ4v) is 3.67. The fraction of sp³-hybridized carbons (Fsp3) is 0.150. The van der Waals surface area contributed by atoms with Gasteiger partial charge in [-0.3, -0.25) is 19.5 Å². The van der Waals surface area contributed by atoms with Crippen molar-refractivity contribution in [2.75, 3.05) is 5.32 Å². The third-order valence-electron chi connectivity index (χ3n) is 4.36. The molecule has 1 atom stereocenters. The van der Waals surface area contributed by atoms with E-state index in [1.165, 1.54) is 11.3 Å². The van der Waals surface area contributed by atoms with Crippen LogP contribution in [-0.4, -0.2) is 38.8 Å². The molecule has 2 aromatic heterocycles. The van der Waals surface area contributed by atoms with Crippen molar-refractivity contribution in [2.45, 2.75) is 19.0 Å². The maximum absolute atomic E-state index is 12.5. The van der Waals surface area contributed by atoms with Crippen LogP contribution in [0.15, 0.2) is 60.1 Å². The predicted octanol–water partition coefficient (Wildman–Crippen LogP) is 2.65. The Hall–Kier alpha value is -3.59. The third-order valence-corrected chi connectivity index (χ3v) is 5.12. The Morgan fingerprint density at radius 2 is 1.90 bits per heavy atom. The Labute approximate surface area is 170 Å². The average Bonchev–Trinajstić information content (AvgIpc) is 3.30. The van der Waals surface area contributed by atoms with Crippen LogP contribution in [0.25, 0.3) is 11.4 Å². The lowest BCUT2D eigenvalue weighted by molar-refractivity contribution is -0.130. The zero-order chi connectivity index (χ0) is 20.2. The molecule has 9 heteroatoms. The zero-order valence-electron chi connectivity index (χ0n) is 15.2. The lowest BCUT2D eigenvalue weighted by atomic mass is 10.2. The van der Waals surface area contributed by atoms with E-state index in [9.17, 15) is 14.4 Å².